The van der Waals surface area contributed by atoms with Crippen LogP contribution in [0.15, 0.2) is 35.3 Å². The number of aromatic amines is 2. The Balaban J connectivity index is 2.46. The molecule has 0 aliphatic rings. The summed E-state index contributed by atoms with van der Waals surface area (Å²) in [5, 5.41) is 0. The number of benzene rings is 1. The largest absolute Gasteiger partial charge is 0.326 e. The van der Waals surface area contributed by atoms with Crippen LogP contribution in [-0.2, 0) is 6.54 Å². The number of H-pyrrole nitrogens is 2. The van der Waals surface area contributed by atoms with Crippen molar-refractivity contribution in [2.75, 3.05) is 0 Å². The molecular formula is C10H11N3O. The minimum Gasteiger partial charge on any atom is -0.326 e. The summed E-state index contributed by atoms with van der Waals surface area (Å²) in [6, 6.07) is 7.76. The molecule has 0 fully saturated rings. The lowest BCUT2D eigenvalue weighted by Gasteiger charge is -2.00. The van der Waals surface area contributed by atoms with Gasteiger partial charge in [0.15, 0.2) is 0 Å². The van der Waals surface area contributed by atoms with Gasteiger partial charge in [0.1, 0.15) is 0 Å². The minimum absolute atomic E-state index is 0.196. The molecule has 0 aliphatic heterocycles. The van der Waals surface area contributed by atoms with Crippen molar-refractivity contribution in [2.45, 2.75) is 6.54 Å². The average molecular weight is 189 g/mol. The van der Waals surface area contributed by atoms with E-state index >= 15 is 0 Å². The summed E-state index contributed by atoms with van der Waals surface area (Å²) < 4.78 is 0. The van der Waals surface area contributed by atoms with Crippen LogP contribution in [0.3, 0.4) is 0 Å². The molecule has 1 heterocycles. The molecule has 0 saturated heterocycles. The van der Waals surface area contributed by atoms with E-state index in [2.05, 4.69) is 9.97 Å². The van der Waals surface area contributed by atoms with Gasteiger partial charge in [-0.15, -0.1) is 0 Å². The predicted molar refractivity (Wildman–Crippen MR) is 54.7 cm³/mol. The van der Waals surface area contributed by atoms with E-state index in [1.807, 2.05) is 24.3 Å². The van der Waals surface area contributed by atoms with E-state index in [9.17, 15) is 4.79 Å². The molecule has 4 nitrogen and oxygen atoms in total. The number of hydrogen-bond donors (Lipinski definition) is 3. The highest BCUT2D eigenvalue weighted by atomic mass is 16.1. The molecule has 1 aromatic carbocycles. The van der Waals surface area contributed by atoms with Gasteiger partial charge < -0.3 is 15.7 Å². The zero-order chi connectivity index (χ0) is 9.97. The van der Waals surface area contributed by atoms with Crippen LogP contribution in [0.4, 0.5) is 0 Å². The number of rotatable bonds is 2. The fourth-order valence-corrected chi connectivity index (χ4v) is 1.35. The van der Waals surface area contributed by atoms with Crippen LogP contribution < -0.4 is 11.4 Å². The van der Waals surface area contributed by atoms with Gasteiger partial charge in [0, 0.05) is 12.7 Å². The molecular weight excluding hydrogens is 178 g/mol. The van der Waals surface area contributed by atoms with Gasteiger partial charge in [-0.2, -0.15) is 0 Å². The summed E-state index contributed by atoms with van der Waals surface area (Å²) in [6.45, 7) is 0.502. The van der Waals surface area contributed by atoms with Crippen LogP contribution in [0, 0.1) is 0 Å². The van der Waals surface area contributed by atoms with Crippen molar-refractivity contribution in [1.29, 1.82) is 0 Å². The van der Waals surface area contributed by atoms with E-state index in [-0.39, 0.29) is 5.69 Å². The average Bonchev–Trinajstić information content (AvgIpc) is 2.65. The second-order valence-electron chi connectivity index (χ2n) is 3.06. The summed E-state index contributed by atoms with van der Waals surface area (Å²) >= 11 is 0. The fraction of sp³-hybridized carbons (Fsp3) is 0.100. The Kier molecular flexibility index (Phi) is 2.20. The van der Waals surface area contributed by atoms with Crippen molar-refractivity contribution in [2.24, 2.45) is 5.73 Å². The lowest BCUT2D eigenvalue weighted by atomic mass is 10.1. The van der Waals surface area contributed by atoms with Crippen LogP contribution in [0.25, 0.3) is 11.3 Å². The highest BCUT2D eigenvalue weighted by Crippen LogP contribution is 2.15. The summed E-state index contributed by atoms with van der Waals surface area (Å²) in [5.41, 5.74) is 8.12. The first-order valence-corrected chi connectivity index (χ1v) is 4.36. The monoisotopic (exact) mass is 189 g/mol. The molecule has 1 aromatic heterocycles. The van der Waals surface area contributed by atoms with E-state index in [1.165, 1.54) is 0 Å². The van der Waals surface area contributed by atoms with Crippen LogP contribution >= 0.6 is 0 Å². The Hall–Kier alpha value is -1.81. The molecule has 0 unspecified atom stereocenters. The van der Waals surface area contributed by atoms with E-state index < -0.39 is 0 Å². The fourth-order valence-electron chi connectivity index (χ4n) is 1.35. The molecule has 4 N–H and O–H groups in total. The van der Waals surface area contributed by atoms with Crippen molar-refractivity contribution in [3.63, 3.8) is 0 Å². The molecule has 0 atom stereocenters. The second kappa shape index (κ2) is 3.51. The van der Waals surface area contributed by atoms with Crippen molar-refractivity contribution >= 4 is 0 Å². The van der Waals surface area contributed by atoms with E-state index in [1.54, 1.807) is 6.20 Å². The van der Waals surface area contributed by atoms with Crippen molar-refractivity contribution in [1.82, 2.24) is 9.97 Å². The third-order valence-corrected chi connectivity index (χ3v) is 2.07. The standard InChI is InChI=1S/C10H11N3O/c11-5-7-2-1-3-8(4-7)9-6-12-10(14)13-9/h1-4,6H,5,11H2,(H2,12,13,14). The molecule has 14 heavy (non-hydrogen) atoms. The Bertz CT molecular complexity index is 484. The molecule has 0 aliphatic carbocycles. The quantitative estimate of drug-likeness (QED) is 0.654. The SMILES string of the molecule is NCc1cccc(-c2c[nH]c(=O)[nH]2)c1. The summed E-state index contributed by atoms with van der Waals surface area (Å²) in [5.74, 6) is 0. The zero-order valence-corrected chi connectivity index (χ0v) is 7.58. The van der Waals surface area contributed by atoms with Crippen molar-refractivity contribution in [3.05, 3.63) is 46.5 Å². The molecule has 72 valence electrons. The minimum atomic E-state index is -0.196. The number of aromatic nitrogens is 2. The van der Waals surface area contributed by atoms with Gasteiger partial charge in [-0.3, -0.25) is 0 Å². The van der Waals surface area contributed by atoms with Crippen LogP contribution in [0.2, 0.25) is 0 Å². The molecule has 4 heteroatoms. The number of nitrogens with two attached hydrogens (primary N) is 1. The molecule has 0 radical (unpaired) electrons. The first kappa shape index (κ1) is 8.77. The first-order chi connectivity index (χ1) is 6.79. The van der Waals surface area contributed by atoms with E-state index in [4.69, 9.17) is 5.73 Å². The lowest BCUT2D eigenvalue weighted by molar-refractivity contribution is 1.07. The molecule has 0 saturated carbocycles. The second-order valence-corrected chi connectivity index (χ2v) is 3.06. The maximum atomic E-state index is 10.9. The summed E-state index contributed by atoms with van der Waals surface area (Å²) in [4.78, 5) is 16.1. The molecule has 0 amide bonds. The number of nitrogens with one attached hydrogen (secondary N) is 2. The highest BCUT2D eigenvalue weighted by Gasteiger charge is 2.00. The van der Waals surface area contributed by atoms with E-state index in [0.717, 1.165) is 16.8 Å². The normalized spacial score (nSPS) is 10.4. The smallest absolute Gasteiger partial charge is 0.323 e. The van der Waals surface area contributed by atoms with Gasteiger partial charge >= 0.3 is 5.69 Å². The van der Waals surface area contributed by atoms with Gasteiger partial charge in [0.05, 0.1) is 5.69 Å². The highest BCUT2D eigenvalue weighted by molar-refractivity contribution is 5.58. The van der Waals surface area contributed by atoms with Crippen molar-refractivity contribution in [3.8, 4) is 11.3 Å². The predicted octanol–water partition coefficient (Wildman–Crippen LogP) is 0.829. The lowest BCUT2D eigenvalue weighted by Crippen LogP contribution is -2.00. The Morgan fingerprint density at radius 2 is 2.21 bits per heavy atom. The van der Waals surface area contributed by atoms with Gasteiger partial charge in [-0.25, -0.2) is 4.79 Å². The van der Waals surface area contributed by atoms with Gasteiger partial charge in [-0.1, -0.05) is 18.2 Å². The van der Waals surface area contributed by atoms with E-state index in [0.29, 0.717) is 6.54 Å². The Morgan fingerprint density at radius 1 is 1.36 bits per heavy atom. The summed E-state index contributed by atoms with van der Waals surface area (Å²) in [6.07, 6.45) is 1.65. The maximum absolute atomic E-state index is 10.9. The van der Waals surface area contributed by atoms with Crippen LogP contribution in [0.1, 0.15) is 5.56 Å². The third-order valence-electron chi connectivity index (χ3n) is 2.07. The summed E-state index contributed by atoms with van der Waals surface area (Å²) in [7, 11) is 0. The third kappa shape index (κ3) is 1.60. The van der Waals surface area contributed by atoms with Gasteiger partial charge in [0.2, 0.25) is 0 Å². The number of hydrogen-bond acceptors (Lipinski definition) is 2. The Labute approximate surface area is 80.8 Å². The van der Waals surface area contributed by atoms with Gasteiger partial charge in [-0.05, 0) is 17.2 Å². The maximum Gasteiger partial charge on any atom is 0.323 e. The zero-order valence-electron chi connectivity index (χ0n) is 7.58. The van der Waals surface area contributed by atoms with Crippen LogP contribution in [0.5, 0.6) is 0 Å². The number of imidazole rings is 1. The molecule has 2 aromatic rings. The Morgan fingerprint density at radius 3 is 2.86 bits per heavy atom. The topological polar surface area (TPSA) is 74.7 Å². The molecule has 0 bridgehead atoms. The molecule has 2 rings (SSSR count). The molecule has 0 spiro atoms. The van der Waals surface area contributed by atoms with Gasteiger partial charge in [0.25, 0.3) is 0 Å². The first-order valence-electron chi connectivity index (χ1n) is 4.36. The van der Waals surface area contributed by atoms with Crippen molar-refractivity contribution < 1.29 is 0 Å². The van der Waals surface area contributed by atoms with Crippen LogP contribution in [-0.4, -0.2) is 9.97 Å².